The molecule has 0 aromatic heterocycles. The molecule has 1 aromatic rings. The molecule has 4 N–H and O–H groups in total. The van der Waals surface area contributed by atoms with Crippen molar-refractivity contribution < 1.29 is 17.9 Å². The van der Waals surface area contributed by atoms with E-state index >= 15 is 0 Å². The molecule has 1 aliphatic carbocycles. The number of hydrogen-bond donors (Lipinski definition) is 3. The van der Waals surface area contributed by atoms with Gasteiger partial charge in [0.1, 0.15) is 5.82 Å². The summed E-state index contributed by atoms with van der Waals surface area (Å²) in [5.74, 6) is -0.733. The fraction of sp³-hybridized carbons (Fsp3) is 0.538. The van der Waals surface area contributed by atoms with Gasteiger partial charge in [0.25, 0.3) is 0 Å². The number of halogens is 1. The number of hydrogen-bond acceptors (Lipinski definition) is 4. The van der Waals surface area contributed by atoms with Crippen LogP contribution in [0.1, 0.15) is 24.8 Å². The Bertz CT molecular complexity index is 581. The van der Waals surface area contributed by atoms with Crippen LogP contribution in [0.3, 0.4) is 0 Å². The van der Waals surface area contributed by atoms with Crippen molar-refractivity contribution in [2.75, 3.05) is 12.3 Å². The summed E-state index contributed by atoms with van der Waals surface area (Å²) in [6.07, 6.45) is 1.89. The van der Waals surface area contributed by atoms with Crippen LogP contribution in [0, 0.1) is 18.7 Å². The van der Waals surface area contributed by atoms with Gasteiger partial charge >= 0.3 is 0 Å². The molecule has 0 heterocycles. The predicted octanol–water partition coefficient (Wildman–Crippen LogP) is 1.16. The number of benzene rings is 1. The molecule has 5 nitrogen and oxygen atoms in total. The zero-order valence-electron chi connectivity index (χ0n) is 11.3. The van der Waals surface area contributed by atoms with Gasteiger partial charge in [-0.3, -0.25) is 0 Å². The van der Waals surface area contributed by atoms with Crippen molar-refractivity contribution in [1.82, 2.24) is 4.72 Å². The average molecular weight is 302 g/mol. The minimum absolute atomic E-state index is 0.0857. The quantitative estimate of drug-likeness (QED) is 0.728. The Balaban J connectivity index is 2.14. The van der Waals surface area contributed by atoms with Crippen LogP contribution in [0.15, 0.2) is 17.0 Å². The lowest BCUT2D eigenvalue weighted by Gasteiger charge is -2.15. The van der Waals surface area contributed by atoms with Gasteiger partial charge < -0.3 is 10.8 Å². The van der Waals surface area contributed by atoms with Crippen LogP contribution in [0.25, 0.3) is 0 Å². The van der Waals surface area contributed by atoms with Crippen LogP contribution in [-0.4, -0.2) is 26.2 Å². The largest absolute Gasteiger partial charge is 0.398 e. The molecule has 0 spiro atoms. The van der Waals surface area contributed by atoms with Crippen molar-refractivity contribution >= 4 is 15.7 Å². The highest BCUT2D eigenvalue weighted by molar-refractivity contribution is 7.89. The zero-order chi connectivity index (χ0) is 14.9. The molecule has 0 amide bonds. The molecule has 7 heteroatoms. The first-order valence-electron chi connectivity index (χ1n) is 6.54. The molecule has 1 saturated carbocycles. The fourth-order valence-corrected chi connectivity index (χ4v) is 3.53. The lowest BCUT2D eigenvalue weighted by atomic mass is 10.1. The summed E-state index contributed by atoms with van der Waals surface area (Å²) >= 11 is 0. The third-order valence-corrected chi connectivity index (χ3v) is 5.23. The van der Waals surface area contributed by atoms with Gasteiger partial charge in [-0.2, -0.15) is 0 Å². The second-order valence-electron chi connectivity index (χ2n) is 5.23. The number of anilines is 1. The lowest BCUT2D eigenvalue weighted by Crippen LogP contribution is -2.32. The molecule has 0 radical (unpaired) electrons. The second-order valence-corrected chi connectivity index (χ2v) is 7.00. The van der Waals surface area contributed by atoms with Gasteiger partial charge in [0.2, 0.25) is 10.0 Å². The van der Waals surface area contributed by atoms with Gasteiger partial charge in [-0.05, 0) is 37.8 Å². The Morgan fingerprint density at radius 2 is 2.15 bits per heavy atom. The fourth-order valence-electron chi connectivity index (χ4n) is 2.38. The van der Waals surface area contributed by atoms with E-state index in [2.05, 4.69) is 4.72 Å². The molecule has 2 rings (SSSR count). The summed E-state index contributed by atoms with van der Waals surface area (Å²) in [6.45, 7) is 1.64. The molecule has 20 heavy (non-hydrogen) atoms. The van der Waals surface area contributed by atoms with Gasteiger partial charge in [0.15, 0.2) is 0 Å². The van der Waals surface area contributed by atoms with E-state index in [1.807, 2.05) is 0 Å². The molecule has 0 bridgehead atoms. The molecule has 2 atom stereocenters. The first-order chi connectivity index (χ1) is 9.31. The molecule has 1 aliphatic rings. The van der Waals surface area contributed by atoms with Crippen molar-refractivity contribution in [2.24, 2.45) is 5.92 Å². The molecular weight excluding hydrogens is 283 g/mol. The van der Waals surface area contributed by atoms with Crippen LogP contribution in [0.5, 0.6) is 0 Å². The maximum absolute atomic E-state index is 13.6. The maximum atomic E-state index is 13.6. The highest BCUT2D eigenvalue weighted by Crippen LogP contribution is 2.26. The van der Waals surface area contributed by atoms with E-state index < -0.39 is 21.9 Å². The number of nitrogens with one attached hydrogen (secondary N) is 1. The van der Waals surface area contributed by atoms with E-state index in [0.29, 0.717) is 6.42 Å². The molecule has 0 aliphatic heterocycles. The van der Waals surface area contributed by atoms with Gasteiger partial charge in [0, 0.05) is 17.8 Å². The van der Waals surface area contributed by atoms with Crippen molar-refractivity contribution in [3.8, 4) is 0 Å². The van der Waals surface area contributed by atoms with Crippen LogP contribution >= 0.6 is 0 Å². The molecular formula is C13H19FN2O3S. The smallest absolute Gasteiger partial charge is 0.240 e. The Kier molecular flexibility index (Phi) is 4.31. The van der Waals surface area contributed by atoms with Crippen LogP contribution < -0.4 is 10.5 Å². The highest BCUT2D eigenvalue weighted by atomic mass is 32.2. The Morgan fingerprint density at radius 3 is 2.70 bits per heavy atom. The van der Waals surface area contributed by atoms with Crippen LogP contribution in [0.2, 0.25) is 0 Å². The molecule has 112 valence electrons. The van der Waals surface area contributed by atoms with Crippen molar-refractivity contribution in [3.63, 3.8) is 0 Å². The van der Waals surface area contributed by atoms with Crippen LogP contribution in [-0.2, 0) is 10.0 Å². The minimum Gasteiger partial charge on any atom is -0.398 e. The van der Waals surface area contributed by atoms with Crippen molar-refractivity contribution in [1.29, 1.82) is 0 Å². The normalized spacial score (nSPS) is 23.1. The SMILES string of the molecule is Cc1c(N)cc(S(=O)(=O)NCC2CCCC2O)cc1F. The number of aliphatic hydroxyl groups excluding tert-OH is 1. The van der Waals surface area contributed by atoms with Gasteiger partial charge in [-0.15, -0.1) is 0 Å². The van der Waals surface area contributed by atoms with E-state index in [4.69, 9.17) is 5.73 Å². The summed E-state index contributed by atoms with van der Waals surface area (Å²) in [7, 11) is -3.81. The van der Waals surface area contributed by atoms with E-state index in [1.165, 1.54) is 13.0 Å². The monoisotopic (exact) mass is 302 g/mol. The summed E-state index contributed by atoms with van der Waals surface area (Å²) in [4.78, 5) is -0.189. The highest BCUT2D eigenvalue weighted by Gasteiger charge is 2.27. The topological polar surface area (TPSA) is 92.4 Å². The molecule has 1 fully saturated rings. The Morgan fingerprint density at radius 1 is 1.45 bits per heavy atom. The minimum atomic E-state index is -3.81. The summed E-state index contributed by atoms with van der Waals surface area (Å²) in [6, 6.07) is 2.20. The number of aliphatic hydroxyl groups is 1. The van der Waals surface area contributed by atoms with Crippen molar-refractivity contribution in [2.45, 2.75) is 37.2 Å². The Labute approximate surface area is 118 Å². The zero-order valence-corrected chi connectivity index (χ0v) is 12.1. The lowest BCUT2D eigenvalue weighted by molar-refractivity contribution is 0.134. The summed E-state index contributed by atoms with van der Waals surface area (Å²) in [5.41, 5.74) is 5.92. The summed E-state index contributed by atoms with van der Waals surface area (Å²) in [5, 5.41) is 9.67. The van der Waals surface area contributed by atoms with Crippen molar-refractivity contribution in [3.05, 3.63) is 23.5 Å². The third kappa shape index (κ3) is 3.11. The van der Waals surface area contributed by atoms with Gasteiger partial charge in [0.05, 0.1) is 11.0 Å². The number of nitrogens with two attached hydrogens (primary N) is 1. The first-order valence-corrected chi connectivity index (χ1v) is 8.03. The molecule has 2 unspecified atom stereocenters. The first kappa shape index (κ1) is 15.2. The van der Waals surface area contributed by atoms with Gasteiger partial charge in [-0.25, -0.2) is 17.5 Å². The van der Waals surface area contributed by atoms with E-state index in [0.717, 1.165) is 18.9 Å². The van der Waals surface area contributed by atoms with E-state index in [-0.39, 0.29) is 28.6 Å². The predicted molar refractivity (Wildman–Crippen MR) is 74.1 cm³/mol. The van der Waals surface area contributed by atoms with E-state index in [9.17, 15) is 17.9 Å². The number of nitrogen functional groups attached to an aromatic ring is 1. The van der Waals surface area contributed by atoms with Gasteiger partial charge in [-0.1, -0.05) is 6.42 Å². The average Bonchev–Trinajstić information content (AvgIpc) is 2.78. The number of sulfonamides is 1. The second kappa shape index (κ2) is 5.67. The number of rotatable bonds is 4. The standard InChI is InChI=1S/C13H19FN2O3S/c1-8-11(14)5-10(6-12(8)15)20(18,19)16-7-9-3-2-4-13(9)17/h5-6,9,13,16-17H,2-4,7,15H2,1H3. The summed E-state index contributed by atoms with van der Waals surface area (Å²) < 4.78 is 40.2. The third-order valence-electron chi connectivity index (χ3n) is 3.82. The maximum Gasteiger partial charge on any atom is 0.240 e. The van der Waals surface area contributed by atoms with E-state index in [1.54, 1.807) is 0 Å². The Hall–Kier alpha value is -1.18. The molecule has 1 aromatic carbocycles. The van der Waals surface area contributed by atoms with Crippen LogP contribution in [0.4, 0.5) is 10.1 Å². The molecule has 0 saturated heterocycles.